The third-order valence-corrected chi connectivity index (χ3v) is 5.91. The van der Waals surface area contributed by atoms with Crippen LogP contribution in [0.2, 0.25) is 5.02 Å². The molecule has 2 aromatic rings. The van der Waals surface area contributed by atoms with Crippen molar-refractivity contribution in [3.63, 3.8) is 0 Å². The Hall–Kier alpha value is -2.72. The molecule has 0 saturated carbocycles. The topological polar surface area (TPSA) is 66.7 Å². The number of aliphatic imine (C=N–C) groups is 1. The highest BCUT2D eigenvalue weighted by atomic mass is 35.5. The number of ketones is 1. The lowest BCUT2D eigenvalue weighted by atomic mass is 9.69. The zero-order valence-electron chi connectivity index (χ0n) is 15.4. The van der Waals surface area contributed by atoms with Crippen molar-refractivity contribution in [1.82, 2.24) is 0 Å². The predicted molar refractivity (Wildman–Crippen MR) is 109 cm³/mol. The van der Waals surface area contributed by atoms with Gasteiger partial charge < -0.3 is 5.11 Å². The molecule has 28 heavy (non-hydrogen) atoms. The van der Waals surface area contributed by atoms with Gasteiger partial charge in [-0.1, -0.05) is 54.1 Å². The molecular formula is C23H20ClNO3. The molecule has 1 aliphatic heterocycles. The first-order valence-electron chi connectivity index (χ1n) is 9.30. The number of hydrogen-bond donors (Lipinski definition) is 1. The van der Waals surface area contributed by atoms with Crippen LogP contribution >= 0.6 is 11.6 Å². The number of carboxylic acids is 1. The van der Waals surface area contributed by atoms with E-state index in [1.165, 1.54) is 0 Å². The first-order chi connectivity index (χ1) is 13.5. The van der Waals surface area contributed by atoms with Crippen molar-refractivity contribution >= 4 is 29.1 Å². The maximum absolute atomic E-state index is 13.2. The minimum absolute atomic E-state index is 0.0162. The SMILES string of the molecule is CC1=NC2=C(C(=O)CC(c3ccccc3)C2)C(c2ccc(Cl)cc2)C1C(=O)O. The van der Waals surface area contributed by atoms with E-state index < -0.39 is 17.8 Å². The average molecular weight is 394 g/mol. The molecule has 0 amide bonds. The van der Waals surface area contributed by atoms with Gasteiger partial charge in [0, 0.05) is 34.3 Å². The third-order valence-electron chi connectivity index (χ3n) is 5.65. The number of Topliss-reactive ketones (excluding diaryl/α,β-unsaturated/α-hetero) is 1. The largest absolute Gasteiger partial charge is 0.481 e. The van der Waals surface area contributed by atoms with Crippen LogP contribution in [0.4, 0.5) is 0 Å². The first-order valence-corrected chi connectivity index (χ1v) is 9.68. The van der Waals surface area contributed by atoms with Gasteiger partial charge in [-0.05, 0) is 42.5 Å². The van der Waals surface area contributed by atoms with Crippen molar-refractivity contribution in [2.45, 2.75) is 31.6 Å². The van der Waals surface area contributed by atoms with Crippen molar-refractivity contribution in [3.05, 3.63) is 82.0 Å². The molecule has 5 heteroatoms. The van der Waals surface area contributed by atoms with Crippen LogP contribution in [0.3, 0.4) is 0 Å². The fraction of sp³-hybridized carbons (Fsp3) is 0.261. The predicted octanol–water partition coefficient (Wildman–Crippen LogP) is 5.00. The molecule has 1 aliphatic carbocycles. The molecule has 2 aliphatic rings. The minimum atomic E-state index is -0.967. The van der Waals surface area contributed by atoms with E-state index >= 15 is 0 Å². The summed E-state index contributed by atoms with van der Waals surface area (Å²) in [5, 5.41) is 10.4. The molecule has 1 N–H and O–H groups in total. The Morgan fingerprint density at radius 2 is 1.71 bits per heavy atom. The first kappa shape index (κ1) is 18.6. The Morgan fingerprint density at radius 3 is 2.36 bits per heavy atom. The van der Waals surface area contributed by atoms with E-state index in [4.69, 9.17) is 11.6 Å². The van der Waals surface area contributed by atoms with Crippen LogP contribution in [-0.4, -0.2) is 22.6 Å². The monoisotopic (exact) mass is 393 g/mol. The zero-order valence-corrected chi connectivity index (χ0v) is 16.2. The van der Waals surface area contributed by atoms with Crippen LogP contribution in [0.1, 0.15) is 42.7 Å². The zero-order chi connectivity index (χ0) is 19.8. The normalized spacial score (nSPS) is 24.6. The molecule has 2 aromatic carbocycles. The summed E-state index contributed by atoms with van der Waals surface area (Å²) >= 11 is 6.01. The van der Waals surface area contributed by atoms with Gasteiger partial charge in [0.15, 0.2) is 5.78 Å². The fourth-order valence-corrected chi connectivity index (χ4v) is 4.50. The second-order valence-electron chi connectivity index (χ2n) is 7.40. The molecule has 142 valence electrons. The minimum Gasteiger partial charge on any atom is -0.481 e. The summed E-state index contributed by atoms with van der Waals surface area (Å²) in [4.78, 5) is 29.8. The highest BCUT2D eigenvalue weighted by Crippen LogP contribution is 2.46. The summed E-state index contributed by atoms with van der Waals surface area (Å²) in [6, 6.07) is 17.0. The van der Waals surface area contributed by atoms with Gasteiger partial charge >= 0.3 is 5.97 Å². The van der Waals surface area contributed by atoms with E-state index in [1.54, 1.807) is 19.1 Å². The molecule has 0 radical (unpaired) electrons. The van der Waals surface area contributed by atoms with Gasteiger partial charge in [-0.3, -0.25) is 14.6 Å². The van der Waals surface area contributed by atoms with Gasteiger partial charge in [-0.15, -0.1) is 0 Å². The van der Waals surface area contributed by atoms with E-state index in [0.717, 1.165) is 16.8 Å². The average Bonchev–Trinajstić information content (AvgIpc) is 2.67. The molecule has 0 spiro atoms. The lowest BCUT2D eigenvalue weighted by Crippen LogP contribution is -2.37. The molecule has 3 atom stereocenters. The lowest BCUT2D eigenvalue weighted by Gasteiger charge is -2.36. The summed E-state index contributed by atoms with van der Waals surface area (Å²) in [5.41, 5.74) is 3.70. The van der Waals surface area contributed by atoms with E-state index in [1.807, 2.05) is 42.5 Å². The number of rotatable bonds is 3. The second kappa shape index (κ2) is 7.36. The maximum Gasteiger partial charge on any atom is 0.313 e. The van der Waals surface area contributed by atoms with Crippen molar-refractivity contribution in [3.8, 4) is 0 Å². The number of halogens is 1. The van der Waals surface area contributed by atoms with Crippen molar-refractivity contribution < 1.29 is 14.7 Å². The molecule has 4 nitrogen and oxygen atoms in total. The standard InChI is InChI=1S/C23H20ClNO3/c1-13-20(23(27)28)21(15-7-9-17(24)10-8-15)22-18(25-13)11-16(12-19(22)26)14-5-3-2-4-6-14/h2-10,16,20-21H,11-12H2,1H3,(H,27,28). The third kappa shape index (κ3) is 3.29. The van der Waals surface area contributed by atoms with Crippen LogP contribution in [0, 0.1) is 5.92 Å². The Kier molecular flexibility index (Phi) is 4.90. The Morgan fingerprint density at radius 1 is 1.04 bits per heavy atom. The summed E-state index contributed by atoms with van der Waals surface area (Å²) in [6.45, 7) is 1.74. The fourth-order valence-electron chi connectivity index (χ4n) is 4.37. The van der Waals surface area contributed by atoms with Crippen molar-refractivity contribution in [1.29, 1.82) is 0 Å². The molecular weight excluding hydrogens is 374 g/mol. The number of benzene rings is 2. The molecule has 3 unspecified atom stereocenters. The van der Waals surface area contributed by atoms with E-state index in [-0.39, 0.29) is 11.7 Å². The van der Waals surface area contributed by atoms with Gasteiger partial charge in [-0.2, -0.15) is 0 Å². The quantitative estimate of drug-likeness (QED) is 0.797. The molecule has 0 fully saturated rings. The number of allylic oxidation sites excluding steroid dienone is 2. The van der Waals surface area contributed by atoms with E-state index in [0.29, 0.717) is 29.1 Å². The lowest BCUT2D eigenvalue weighted by molar-refractivity contribution is -0.139. The van der Waals surface area contributed by atoms with Crippen LogP contribution in [-0.2, 0) is 9.59 Å². The highest BCUT2D eigenvalue weighted by molar-refractivity contribution is 6.30. The molecule has 0 saturated heterocycles. The Bertz CT molecular complexity index is 992. The van der Waals surface area contributed by atoms with Gasteiger partial charge in [0.05, 0.1) is 0 Å². The van der Waals surface area contributed by atoms with Gasteiger partial charge in [-0.25, -0.2) is 0 Å². The van der Waals surface area contributed by atoms with Crippen LogP contribution < -0.4 is 0 Å². The van der Waals surface area contributed by atoms with Gasteiger partial charge in [0.2, 0.25) is 0 Å². The smallest absolute Gasteiger partial charge is 0.313 e. The van der Waals surface area contributed by atoms with Crippen LogP contribution in [0.5, 0.6) is 0 Å². The number of nitrogens with zero attached hydrogens (tertiary/aromatic N) is 1. The maximum atomic E-state index is 13.2. The van der Waals surface area contributed by atoms with Crippen LogP contribution in [0.25, 0.3) is 0 Å². The van der Waals surface area contributed by atoms with Gasteiger partial charge in [0.25, 0.3) is 0 Å². The molecule has 4 rings (SSSR count). The summed E-state index contributed by atoms with van der Waals surface area (Å²) in [7, 11) is 0. The number of hydrogen-bond acceptors (Lipinski definition) is 3. The number of carboxylic acid groups (broad SMARTS) is 1. The summed E-state index contributed by atoms with van der Waals surface area (Å²) in [5.74, 6) is -2.30. The van der Waals surface area contributed by atoms with E-state index in [9.17, 15) is 14.7 Å². The Labute approximate surface area is 168 Å². The molecule has 1 heterocycles. The van der Waals surface area contributed by atoms with Crippen molar-refractivity contribution in [2.75, 3.05) is 0 Å². The number of aliphatic carboxylic acids is 1. The Balaban J connectivity index is 1.81. The highest BCUT2D eigenvalue weighted by Gasteiger charge is 2.44. The molecule has 0 aromatic heterocycles. The number of carbonyl (C=O) groups excluding carboxylic acids is 1. The van der Waals surface area contributed by atoms with Crippen molar-refractivity contribution in [2.24, 2.45) is 10.9 Å². The summed E-state index contributed by atoms with van der Waals surface area (Å²) in [6.07, 6.45) is 1.01. The van der Waals surface area contributed by atoms with Crippen LogP contribution in [0.15, 0.2) is 70.9 Å². The second-order valence-corrected chi connectivity index (χ2v) is 7.83. The van der Waals surface area contributed by atoms with E-state index in [2.05, 4.69) is 4.99 Å². The number of carbonyl (C=O) groups is 2. The molecule has 0 bridgehead atoms. The summed E-state index contributed by atoms with van der Waals surface area (Å²) < 4.78 is 0. The van der Waals surface area contributed by atoms with Gasteiger partial charge in [0.1, 0.15) is 5.92 Å².